The minimum atomic E-state index is 0.350. The number of rotatable bonds is 2. The lowest BCUT2D eigenvalue weighted by atomic mass is 10.1. The monoisotopic (exact) mass is 235 g/mol. The van der Waals surface area contributed by atoms with E-state index in [1.54, 1.807) is 0 Å². The fourth-order valence-corrected chi connectivity index (χ4v) is 2.86. The van der Waals surface area contributed by atoms with Crippen LogP contribution in [0.1, 0.15) is 56.7 Å². The van der Waals surface area contributed by atoms with Crippen molar-refractivity contribution in [2.75, 3.05) is 6.61 Å². The van der Waals surface area contributed by atoms with E-state index in [0.717, 1.165) is 25.3 Å². The summed E-state index contributed by atoms with van der Waals surface area (Å²) in [6.07, 6.45) is 8.47. The lowest BCUT2D eigenvalue weighted by Gasteiger charge is -2.21. The fourth-order valence-electron chi connectivity index (χ4n) is 2.86. The Morgan fingerprint density at radius 2 is 2.24 bits per heavy atom. The van der Waals surface area contributed by atoms with Crippen LogP contribution in [0.3, 0.4) is 0 Å². The minimum absolute atomic E-state index is 0.350. The zero-order valence-electron chi connectivity index (χ0n) is 10.6. The van der Waals surface area contributed by atoms with Crippen LogP contribution >= 0.6 is 0 Å². The Bertz CT molecular complexity index is 382. The van der Waals surface area contributed by atoms with E-state index < -0.39 is 0 Å². The minimum Gasteiger partial charge on any atom is -0.378 e. The van der Waals surface area contributed by atoms with E-state index in [1.165, 1.54) is 37.9 Å². The van der Waals surface area contributed by atoms with Crippen molar-refractivity contribution in [1.82, 2.24) is 14.8 Å². The van der Waals surface area contributed by atoms with Gasteiger partial charge in [-0.05, 0) is 39.0 Å². The molecule has 2 aliphatic rings. The first kappa shape index (κ1) is 11.2. The third-order valence-corrected chi connectivity index (χ3v) is 3.87. The van der Waals surface area contributed by atoms with Crippen molar-refractivity contribution in [3.8, 4) is 0 Å². The molecule has 2 aliphatic heterocycles. The molecule has 0 aliphatic carbocycles. The van der Waals surface area contributed by atoms with Crippen molar-refractivity contribution in [2.45, 2.75) is 64.0 Å². The highest BCUT2D eigenvalue weighted by atomic mass is 16.5. The number of fused-ring (bicyclic) bond motifs is 1. The second-order valence-corrected chi connectivity index (χ2v) is 5.32. The smallest absolute Gasteiger partial charge is 0.153 e. The summed E-state index contributed by atoms with van der Waals surface area (Å²) in [5, 5.41) is 4.65. The molecule has 0 radical (unpaired) electrons. The summed E-state index contributed by atoms with van der Waals surface area (Å²) in [6, 6.07) is 0.521. The van der Waals surface area contributed by atoms with E-state index in [1.807, 2.05) is 0 Å². The molecule has 94 valence electrons. The van der Waals surface area contributed by atoms with E-state index >= 15 is 0 Å². The maximum Gasteiger partial charge on any atom is 0.153 e. The molecule has 1 aromatic rings. The quantitative estimate of drug-likeness (QED) is 0.789. The molecule has 0 saturated carbocycles. The van der Waals surface area contributed by atoms with Crippen molar-refractivity contribution in [2.24, 2.45) is 0 Å². The summed E-state index contributed by atoms with van der Waals surface area (Å²) < 4.78 is 7.88. The topological polar surface area (TPSA) is 39.9 Å². The summed E-state index contributed by atoms with van der Waals surface area (Å²) in [5.74, 6) is 2.16. The molecule has 3 rings (SSSR count). The Kier molecular flexibility index (Phi) is 3.14. The average Bonchev–Trinajstić information content (AvgIpc) is 2.74. The maximum atomic E-state index is 5.75. The summed E-state index contributed by atoms with van der Waals surface area (Å²) >= 11 is 0. The third kappa shape index (κ3) is 2.37. The van der Waals surface area contributed by atoms with Gasteiger partial charge in [-0.25, -0.2) is 9.67 Å². The van der Waals surface area contributed by atoms with E-state index in [9.17, 15) is 0 Å². The Labute approximate surface area is 102 Å². The van der Waals surface area contributed by atoms with Crippen LogP contribution in [0.4, 0.5) is 0 Å². The molecule has 1 aromatic heterocycles. The summed E-state index contributed by atoms with van der Waals surface area (Å²) in [4.78, 5) is 4.67. The fraction of sp³-hybridized carbons (Fsp3) is 0.846. The highest BCUT2D eigenvalue weighted by Gasteiger charge is 2.22. The number of hydrogen-bond donors (Lipinski definition) is 0. The predicted octanol–water partition coefficient (Wildman–Crippen LogP) is 2.29. The van der Waals surface area contributed by atoms with Gasteiger partial charge in [-0.15, -0.1) is 0 Å². The first-order valence-corrected chi connectivity index (χ1v) is 6.89. The van der Waals surface area contributed by atoms with Gasteiger partial charge in [0.2, 0.25) is 0 Å². The van der Waals surface area contributed by atoms with E-state index in [-0.39, 0.29) is 0 Å². The van der Waals surface area contributed by atoms with Crippen LogP contribution < -0.4 is 0 Å². The predicted molar refractivity (Wildman–Crippen MR) is 65.0 cm³/mol. The highest BCUT2D eigenvalue weighted by molar-refractivity contribution is 4.99. The Hall–Kier alpha value is -0.900. The summed E-state index contributed by atoms with van der Waals surface area (Å²) in [6.45, 7) is 3.15. The van der Waals surface area contributed by atoms with E-state index in [4.69, 9.17) is 4.74 Å². The largest absolute Gasteiger partial charge is 0.378 e. The standard InChI is InChI=1S/C13H21N3O/c1-10-5-4-7-13-14-12(15-16(10)13)9-11-6-2-3-8-17-11/h10-11H,2-9H2,1H3. The van der Waals surface area contributed by atoms with Crippen LogP contribution in [0, 0.1) is 0 Å². The molecule has 17 heavy (non-hydrogen) atoms. The van der Waals surface area contributed by atoms with Crippen molar-refractivity contribution >= 4 is 0 Å². The van der Waals surface area contributed by atoms with Gasteiger partial charge >= 0.3 is 0 Å². The van der Waals surface area contributed by atoms with Gasteiger partial charge in [0.05, 0.1) is 12.1 Å². The van der Waals surface area contributed by atoms with E-state index in [0.29, 0.717) is 12.1 Å². The lowest BCUT2D eigenvalue weighted by molar-refractivity contribution is 0.0156. The molecule has 1 saturated heterocycles. The number of nitrogens with zero attached hydrogens (tertiary/aromatic N) is 3. The normalized spacial score (nSPS) is 29.0. The van der Waals surface area contributed by atoms with Gasteiger partial charge in [0.1, 0.15) is 5.82 Å². The Morgan fingerprint density at radius 3 is 3.00 bits per heavy atom. The molecule has 2 atom stereocenters. The van der Waals surface area contributed by atoms with Gasteiger partial charge in [0.25, 0.3) is 0 Å². The van der Waals surface area contributed by atoms with E-state index in [2.05, 4.69) is 21.7 Å². The molecule has 0 bridgehead atoms. The molecule has 0 spiro atoms. The molecule has 4 nitrogen and oxygen atoms in total. The van der Waals surface area contributed by atoms with Crippen LogP contribution in [0.5, 0.6) is 0 Å². The van der Waals surface area contributed by atoms with Crippen LogP contribution in [-0.2, 0) is 17.6 Å². The van der Waals surface area contributed by atoms with Crippen molar-refractivity contribution in [3.63, 3.8) is 0 Å². The molecule has 0 aromatic carbocycles. The SMILES string of the molecule is CC1CCCc2nc(CC3CCCCO3)nn21. The average molecular weight is 235 g/mol. The molecule has 4 heteroatoms. The Morgan fingerprint density at radius 1 is 1.29 bits per heavy atom. The van der Waals surface area contributed by atoms with Crippen LogP contribution in [-0.4, -0.2) is 27.5 Å². The summed E-state index contributed by atoms with van der Waals surface area (Å²) in [5.41, 5.74) is 0. The van der Waals surface area contributed by atoms with Gasteiger partial charge in [0.15, 0.2) is 5.82 Å². The number of ether oxygens (including phenoxy) is 1. The zero-order chi connectivity index (χ0) is 11.7. The zero-order valence-corrected chi connectivity index (χ0v) is 10.6. The van der Waals surface area contributed by atoms with Crippen molar-refractivity contribution in [1.29, 1.82) is 0 Å². The Balaban J connectivity index is 1.71. The van der Waals surface area contributed by atoms with Crippen molar-refractivity contribution < 1.29 is 4.74 Å². The first-order chi connectivity index (χ1) is 8.33. The molecule has 0 amide bonds. The number of hydrogen-bond acceptors (Lipinski definition) is 3. The lowest BCUT2D eigenvalue weighted by Crippen LogP contribution is -2.22. The number of aryl methyl sites for hydroxylation is 1. The molecule has 0 N–H and O–H groups in total. The van der Waals surface area contributed by atoms with Crippen LogP contribution in [0.25, 0.3) is 0 Å². The molecular weight excluding hydrogens is 214 g/mol. The van der Waals surface area contributed by atoms with Gasteiger partial charge in [-0.3, -0.25) is 0 Å². The molecule has 1 fully saturated rings. The second kappa shape index (κ2) is 4.77. The molecule has 2 unspecified atom stereocenters. The third-order valence-electron chi connectivity index (χ3n) is 3.87. The van der Waals surface area contributed by atoms with Gasteiger partial charge < -0.3 is 4.74 Å². The first-order valence-electron chi connectivity index (χ1n) is 6.89. The van der Waals surface area contributed by atoms with Crippen LogP contribution in [0.15, 0.2) is 0 Å². The molecular formula is C13H21N3O. The van der Waals surface area contributed by atoms with Gasteiger partial charge in [-0.1, -0.05) is 0 Å². The highest BCUT2D eigenvalue weighted by Crippen LogP contribution is 2.23. The molecule has 3 heterocycles. The number of aromatic nitrogens is 3. The second-order valence-electron chi connectivity index (χ2n) is 5.32. The van der Waals surface area contributed by atoms with Crippen molar-refractivity contribution in [3.05, 3.63) is 11.6 Å². The van der Waals surface area contributed by atoms with Gasteiger partial charge in [0, 0.05) is 19.4 Å². The van der Waals surface area contributed by atoms with Gasteiger partial charge in [-0.2, -0.15) is 5.10 Å². The van der Waals surface area contributed by atoms with Crippen LogP contribution in [0.2, 0.25) is 0 Å². The maximum absolute atomic E-state index is 5.75. The summed E-state index contributed by atoms with van der Waals surface area (Å²) in [7, 11) is 0.